The van der Waals surface area contributed by atoms with E-state index in [1.165, 1.54) is 24.3 Å². The molecule has 0 bridgehead atoms. The number of aromatic nitrogens is 1. The Kier molecular flexibility index (Phi) is 2.80. The van der Waals surface area contributed by atoms with Gasteiger partial charge in [-0.1, -0.05) is 6.07 Å². The number of carboxylic acids is 1. The van der Waals surface area contributed by atoms with Gasteiger partial charge in [0.05, 0.1) is 10.9 Å². The minimum Gasteiger partial charge on any atom is -0.478 e. The molecule has 3 aromatic rings. The summed E-state index contributed by atoms with van der Waals surface area (Å²) in [5.41, 5.74) is 0.591. The topological polar surface area (TPSA) is 80.4 Å². The standard InChI is InChI=1S/C15H9NO4/c17-12-8-14(11-3-1-2-6-16-11)20-13-7-9(15(18)19)4-5-10(12)13/h1-8H,(H,18,19). The molecule has 20 heavy (non-hydrogen) atoms. The van der Waals surface area contributed by atoms with Crippen LogP contribution in [0.15, 0.2) is 57.9 Å². The van der Waals surface area contributed by atoms with Gasteiger partial charge in [0.1, 0.15) is 11.3 Å². The van der Waals surface area contributed by atoms with Crippen LogP contribution in [0.5, 0.6) is 0 Å². The molecule has 5 nitrogen and oxygen atoms in total. The molecule has 0 aliphatic heterocycles. The number of benzene rings is 1. The Morgan fingerprint density at radius 2 is 2.00 bits per heavy atom. The number of carboxylic acid groups (broad SMARTS) is 1. The maximum Gasteiger partial charge on any atom is 0.335 e. The van der Waals surface area contributed by atoms with Gasteiger partial charge in [0.25, 0.3) is 0 Å². The summed E-state index contributed by atoms with van der Waals surface area (Å²) in [7, 11) is 0. The summed E-state index contributed by atoms with van der Waals surface area (Å²) in [5.74, 6) is -0.761. The van der Waals surface area contributed by atoms with Crippen molar-refractivity contribution in [1.82, 2.24) is 4.98 Å². The summed E-state index contributed by atoms with van der Waals surface area (Å²) in [5, 5.41) is 9.31. The third kappa shape index (κ3) is 2.05. The molecule has 1 aromatic carbocycles. The van der Waals surface area contributed by atoms with Crippen molar-refractivity contribution in [2.75, 3.05) is 0 Å². The Morgan fingerprint density at radius 1 is 1.15 bits per heavy atom. The molecular weight excluding hydrogens is 258 g/mol. The molecule has 0 fully saturated rings. The van der Waals surface area contributed by atoms with Gasteiger partial charge in [0, 0.05) is 12.3 Å². The maximum absolute atomic E-state index is 12.0. The molecule has 0 atom stereocenters. The Bertz CT molecular complexity index is 853. The number of rotatable bonds is 2. The van der Waals surface area contributed by atoms with Crippen molar-refractivity contribution in [3.63, 3.8) is 0 Å². The summed E-state index contributed by atoms with van der Waals surface area (Å²) in [6, 6.07) is 10.8. The molecule has 5 heteroatoms. The lowest BCUT2D eigenvalue weighted by atomic mass is 10.1. The number of pyridine rings is 1. The van der Waals surface area contributed by atoms with Crippen molar-refractivity contribution >= 4 is 16.9 Å². The summed E-state index contributed by atoms with van der Waals surface area (Å²) in [6.07, 6.45) is 1.59. The van der Waals surface area contributed by atoms with Crippen LogP contribution >= 0.6 is 0 Å². The summed E-state index contributed by atoms with van der Waals surface area (Å²) >= 11 is 0. The van der Waals surface area contributed by atoms with E-state index in [1.54, 1.807) is 24.4 Å². The van der Waals surface area contributed by atoms with Crippen LogP contribution in [0.2, 0.25) is 0 Å². The second-order valence-electron chi connectivity index (χ2n) is 4.21. The van der Waals surface area contributed by atoms with E-state index in [0.29, 0.717) is 16.8 Å². The molecule has 1 N–H and O–H groups in total. The zero-order valence-corrected chi connectivity index (χ0v) is 10.2. The Balaban J connectivity index is 2.27. The van der Waals surface area contributed by atoms with E-state index < -0.39 is 5.97 Å². The lowest BCUT2D eigenvalue weighted by Crippen LogP contribution is -2.03. The zero-order valence-electron chi connectivity index (χ0n) is 10.2. The van der Waals surface area contributed by atoms with Crippen molar-refractivity contribution in [2.45, 2.75) is 0 Å². The predicted octanol–water partition coefficient (Wildman–Crippen LogP) is 2.55. The van der Waals surface area contributed by atoms with Crippen LogP contribution in [0, 0.1) is 0 Å². The van der Waals surface area contributed by atoms with Crippen LogP contribution < -0.4 is 5.43 Å². The molecule has 0 amide bonds. The molecule has 2 heterocycles. The highest BCUT2D eigenvalue weighted by atomic mass is 16.4. The highest BCUT2D eigenvalue weighted by Gasteiger charge is 2.10. The summed E-state index contributed by atoms with van der Waals surface area (Å²) in [4.78, 5) is 27.1. The van der Waals surface area contributed by atoms with Gasteiger partial charge in [-0.2, -0.15) is 0 Å². The summed E-state index contributed by atoms with van der Waals surface area (Å²) < 4.78 is 5.59. The lowest BCUT2D eigenvalue weighted by molar-refractivity contribution is 0.0697. The predicted molar refractivity (Wildman–Crippen MR) is 72.7 cm³/mol. The van der Waals surface area contributed by atoms with Gasteiger partial charge < -0.3 is 9.52 Å². The number of fused-ring (bicyclic) bond motifs is 1. The number of hydrogen-bond acceptors (Lipinski definition) is 4. The fraction of sp³-hybridized carbons (Fsp3) is 0. The number of aromatic carboxylic acids is 1. The molecule has 0 unspecified atom stereocenters. The fourth-order valence-electron chi connectivity index (χ4n) is 1.92. The largest absolute Gasteiger partial charge is 0.478 e. The minimum atomic E-state index is -1.07. The van der Waals surface area contributed by atoms with Crippen molar-refractivity contribution in [3.8, 4) is 11.5 Å². The van der Waals surface area contributed by atoms with Crippen molar-refractivity contribution in [3.05, 3.63) is 64.4 Å². The van der Waals surface area contributed by atoms with Crippen molar-refractivity contribution < 1.29 is 14.3 Å². The average Bonchev–Trinajstić information content (AvgIpc) is 2.47. The van der Waals surface area contributed by atoms with Crippen LogP contribution in [0.25, 0.3) is 22.4 Å². The van der Waals surface area contributed by atoms with Crippen LogP contribution in [-0.2, 0) is 0 Å². The molecule has 2 aromatic heterocycles. The molecule has 0 aliphatic rings. The van der Waals surface area contributed by atoms with E-state index in [2.05, 4.69) is 4.98 Å². The van der Waals surface area contributed by atoms with Gasteiger partial charge in [-0.25, -0.2) is 4.79 Å². The van der Waals surface area contributed by atoms with Crippen LogP contribution in [0.1, 0.15) is 10.4 Å². The summed E-state index contributed by atoms with van der Waals surface area (Å²) in [6.45, 7) is 0. The van der Waals surface area contributed by atoms with E-state index in [0.717, 1.165) is 0 Å². The molecule has 98 valence electrons. The first kappa shape index (κ1) is 12.1. The van der Waals surface area contributed by atoms with Gasteiger partial charge in [0.15, 0.2) is 11.2 Å². The second kappa shape index (κ2) is 4.62. The number of carbonyl (C=O) groups is 1. The monoisotopic (exact) mass is 267 g/mol. The lowest BCUT2D eigenvalue weighted by Gasteiger charge is -2.03. The Morgan fingerprint density at radius 3 is 2.70 bits per heavy atom. The Labute approximate surface area is 113 Å². The zero-order chi connectivity index (χ0) is 14.1. The smallest absolute Gasteiger partial charge is 0.335 e. The van der Waals surface area contributed by atoms with E-state index in [-0.39, 0.29) is 16.6 Å². The second-order valence-corrected chi connectivity index (χ2v) is 4.21. The third-order valence-corrected chi connectivity index (χ3v) is 2.89. The van der Waals surface area contributed by atoms with Crippen LogP contribution in [-0.4, -0.2) is 16.1 Å². The highest BCUT2D eigenvalue weighted by molar-refractivity contribution is 5.92. The SMILES string of the molecule is O=C(O)c1ccc2c(=O)cc(-c3ccccn3)oc2c1. The minimum absolute atomic E-state index is 0.0684. The molecule has 0 saturated heterocycles. The van der Waals surface area contributed by atoms with Gasteiger partial charge >= 0.3 is 5.97 Å². The third-order valence-electron chi connectivity index (χ3n) is 2.89. The van der Waals surface area contributed by atoms with Gasteiger partial charge in [-0.05, 0) is 30.3 Å². The van der Waals surface area contributed by atoms with Crippen LogP contribution in [0.4, 0.5) is 0 Å². The normalized spacial score (nSPS) is 10.6. The average molecular weight is 267 g/mol. The highest BCUT2D eigenvalue weighted by Crippen LogP contribution is 2.21. The number of nitrogens with zero attached hydrogens (tertiary/aromatic N) is 1. The van der Waals surface area contributed by atoms with Gasteiger partial charge in [-0.3, -0.25) is 9.78 Å². The van der Waals surface area contributed by atoms with Gasteiger partial charge in [-0.15, -0.1) is 0 Å². The quantitative estimate of drug-likeness (QED) is 0.771. The number of hydrogen-bond donors (Lipinski definition) is 1. The van der Waals surface area contributed by atoms with E-state index >= 15 is 0 Å². The van der Waals surface area contributed by atoms with Crippen molar-refractivity contribution in [1.29, 1.82) is 0 Å². The first-order valence-electron chi connectivity index (χ1n) is 5.88. The van der Waals surface area contributed by atoms with Crippen molar-refractivity contribution in [2.24, 2.45) is 0 Å². The first-order chi connectivity index (χ1) is 9.65. The molecule has 0 radical (unpaired) electrons. The molecule has 0 saturated carbocycles. The van der Waals surface area contributed by atoms with Crippen LogP contribution in [0.3, 0.4) is 0 Å². The fourth-order valence-corrected chi connectivity index (χ4v) is 1.92. The molecule has 0 spiro atoms. The first-order valence-corrected chi connectivity index (χ1v) is 5.88. The van der Waals surface area contributed by atoms with E-state index in [4.69, 9.17) is 9.52 Å². The molecule has 3 rings (SSSR count). The van der Waals surface area contributed by atoms with E-state index in [9.17, 15) is 9.59 Å². The Hall–Kier alpha value is -2.95. The van der Waals surface area contributed by atoms with E-state index in [1.807, 2.05) is 0 Å². The van der Waals surface area contributed by atoms with Gasteiger partial charge in [0.2, 0.25) is 0 Å². The maximum atomic E-state index is 12.0. The molecular formula is C15H9NO4. The molecule has 0 aliphatic carbocycles.